The Morgan fingerprint density at radius 1 is 0.259 bits per heavy atom. The van der Waals surface area contributed by atoms with Crippen LogP contribution in [0.15, 0.2) is 109 Å². The summed E-state index contributed by atoms with van der Waals surface area (Å²) in [7, 11) is 0. The molecule has 0 radical (unpaired) electrons. The van der Waals surface area contributed by atoms with Crippen LogP contribution in [0.3, 0.4) is 0 Å². The molecular formula is C75H128O6. The molecule has 1 atom stereocenters. The van der Waals surface area contributed by atoms with Crippen LogP contribution in [0.2, 0.25) is 0 Å². The van der Waals surface area contributed by atoms with Gasteiger partial charge in [0.05, 0.1) is 0 Å². The zero-order valence-corrected chi connectivity index (χ0v) is 53.3. The number of esters is 3. The zero-order valence-electron chi connectivity index (χ0n) is 53.3. The van der Waals surface area contributed by atoms with E-state index in [1.807, 2.05) is 0 Å². The van der Waals surface area contributed by atoms with Gasteiger partial charge in [0.15, 0.2) is 6.10 Å². The minimum absolute atomic E-state index is 0.0876. The summed E-state index contributed by atoms with van der Waals surface area (Å²) in [6.07, 6.45) is 93.8. The van der Waals surface area contributed by atoms with Crippen LogP contribution in [0.25, 0.3) is 0 Å². The van der Waals surface area contributed by atoms with Crippen molar-refractivity contribution in [3.63, 3.8) is 0 Å². The van der Waals surface area contributed by atoms with Gasteiger partial charge in [-0.2, -0.15) is 0 Å². The van der Waals surface area contributed by atoms with E-state index in [2.05, 4.69) is 130 Å². The van der Waals surface area contributed by atoms with E-state index in [0.717, 1.165) is 128 Å². The van der Waals surface area contributed by atoms with Crippen LogP contribution in [0.4, 0.5) is 0 Å². The molecule has 0 aliphatic rings. The lowest BCUT2D eigenvalue weighted by molar-refractivity contribution is -0.167. The summed E-state index contributed by atoms with van der Waals surface area (Å²) in [6, 6.07) is 0. The first-order valence-corrected chi connectivity index (χ1v) is 34.4. The highest BCUT2D eigenvalue weighted by molar-refractivity contribution is 5.71. The minimum Gasteiger partial charge on any atom is -0.462 e. The van der Waals surface area contributed by atoms with Crippen LogP contribution >= 0.6 is 0 Å². The van der Waals surface area contributed by atoms with Gasteiger partial charge >= 0.3 is 17.9 Å². The molecule has 1 unspecified atom stereocenters. The summed E-state index contributed by atoms with van der Waals surface area (Å²) >= 11 is 0. The van der Waals surface area contributed by atoms with E-state index in [1.165, 1.54) is 161 Å². The van der Waals surface area contributed by atoms with Crippen LogP contribution in [-0.2, 0) is 28.6 Å². The molecular weight excluding hydrogens is 997 g/mol. The maximum atomic E-state index is 13.0. The van der Waals surface area contributed by atoms with Gasteiger partial charge in [-0.3, -0.25) is 14.4 Å². The fraction of sp³-hybridized carbons (Fsp3) is 0.720. The van der Waals surface area contributed by atoms with Gasteiger partial charge in [0.25, 0.3) is 0 Å². The molecule has 0 aromatic rings. The van der Waals surface area contributed by atoms with E-state index in [1.54, 1.807) is 0 Å². The monoisotopic (exact) mass is 1120 g/mol. The molecule has 0 rings (SSSR count). The molecule has 0 bridgehead atoms. The predicted molar refractivity (Wildman–Crippen MR) is 353 cm³/mol. The van der Waals surface area contributed by atoms with E-state index in [4.69, 9.17) is 14.2 Å². The van der Waals surface area contributed by atoms with Gasteiger partial charge in [0.1, 0.15) is 13.2 Å². The molecule has 0 spiro atoms. The minimum atomic E-state index is -0.792. The van der Waals surface area contributed by atoms with Crippen molar-refractivity contribution in [2.75, 3.05) is 13.2 Å². The third kappa shape index (κ3) is 66.8. The number of carbonyl (C=O) groups is 3. The van der Waals surface area contributed by atoms with Gasteiger partial charge in [-0.1, -0.05) is 291 Å². The topological polar surface area (TPSA) is 78.9 Å². The molecule has 0 aliphatic heterocycles. The number of unbranched alkanes of at least 4 members (excludes halogenated alkanes) is 33. The Kier molecular flexibility index (Phi) is 65.2. The third-order valence-corrected chi connectivity index (χ3v) is 14.7. The second-order valence-corrected chi connectivity index (χ2v) is 22.7. The van der Waals surface area contributed by atoms with E-state index >= 15 is 0 Å². The summed E-state index contributed by atoms with van der Waals surface area (Å²) in [4.78, 5) is 38.4. The smallest absolute Gasteiger partial charge is 0.306 e. The average molecular weight is 1130 g/mol. The molecule has 0 aromatic heterocycles. The summed E-state index contributed by atoms with van der Waals surface area (Å²) in [5.74, 6) is -0.899. The van der Waals surface area contributed by atoms with Crippen molar-refractivity contribution in [1.29, 1.82) is 0 Å². The van der Waals surface area contributed by atoms with Crippen molar-refractivity contribution in [2.24, 2.45) is 0 Å². The lowest BCUT2D eigenvalue weighted by atomic mass is 10.1. The molecule has 0 N–H and O–H groups in total. The Morgan fingerprint density at radius 2 is 0.481 bits per heavy atom. The molecule has 0 fully saturated rings. The van der Waals surface area contributed by atoms with Crippen LogP contribution in [-0.4, -0.2) is 37.2 Å². The Morgan fingerprint density at radius 3 is 0.790 bits per heavy atom. The number of carbonyl (C=O) groups excluding carboxylic acids is 3. The predicted octanol–water partition coefficient (Wildman–Crippen LogP) is 23.8. The summed E-state index contributed by atoms with van der Waals surface area (Å²) in [5.41, 5.74) is 0. The van der Waals surface area contributed by atoms with Gasteiger partial charge in [-0.25, -0.2) is 0 Å². The number of ether oxygens (including phenoxy) is 3. The molecule has 0 amide bonds. The SMILES string of the molecule is CC/C=C\C/C=C\C/C=C\C/C=C\C/C=C\C/C=C\CCCCCCCCCCC(=O)OCC(COC(=O)CCCCCCC/C=C\C/C=C\CCCCC)OC(=O)CCCCCCCCCCC/C=C\CCCCCCCCCC. The van der Waals surface area contributed by atoms with Crippen LogP contribution in [0.1, 0.15) is 329 Å². The third-order valence-electron chi connectivity index (χ3n) is 14.7. The first-order valence-electron chi connectivity index (χ1n) is 34.4. The Hall–Kier alpha value is -3.93. The second-order valence-electron chi connectivity index (χ2n) is 22.7. The highest BCUT2D eigenvalue weighted by atomic mass is 16.6. The Labute approximate surface area is 501 Å². The van der Waals surface area contributed by atoms with Gasteiger partial charge in [0, 0.05) is 19.3 Å². The molecule has 6 heteroatoms. The quantitative estimate of drug-likeness (QED) is 0.0261. The second kappa shape index (κ2) is 68.6. The first kappa shape index (κ1) is 77.1. The van der Waals surface area contributed by atoms with Gasteiger partial charge < -0.3 is 14.2 Å². The largest absolute Gasteiger partial charge is 0.462 e. The molecule has 0 aliphatic carbocycles. The normalized spacial score (nSPS) is 12.8. The van der Waals surface area contributed by atoms with Crippen LogP contribution < -0.4 is 0 Å². The molecule has 6 nitrogen and oxygen atoms in total. The lowest BCUT2D eigenvalue weighted by Crippen LogP contribution is -2.30. The average Bonchev–Trinajstić information content (AvgIpc) is 3.47. The number of allylic oxidation sites excluding steroid dienone is 18. The Balaban J connectivity index is 4.37. The molecule has 0 heterocycles. The number of hydrogen-bond acceptors (Lipinski definition) is 6. The highest BCUT2D eigenvalue weighted by Gasteiger charge is 2.19. The molecule has 81 heavy (non-hydrogen) atoms. The van der Waals surface area contributed by atoms with E-state index < -0.39 is 6.10 Å². The standard InChI is InChI=1S/C75H128O6/c1-4-7-10-13-16-19-22-25-28-30-32-34-35-36-37-38-39-41-42-44-47-50-53-56-59-62-65-68-74(77)80-71-72(70-79-73(76)67-64-61-58-55-52-49-46-27-24-21-18-15-12-9-6-3)81-75(78)69-66-63-60-57-54-51-48-45-43-40-33-31-29-26-23-20-17-14-11-8-5-2/h7,10,16,18-19,21,25,27-28,31-34,36-37,39,41,46,72H,4-6,8-9,11-15,17,20,22-24,26,29-30,35,38,40,42-45,47-71H2,1-3H3/b10-7-,19-16-,21-18-,28-25-,33-31-,34-32-,37-36-,41-39-,46-27-. The Bertz CT molecular complexity index is 1620. The molecule has 0 saturated heterocycles. The van der Waals surface area contributed by atoms with E-state index in [9.17, 15) is 14.4 Å². The summed E-state index contributed by atoms with van der Waals surface area (Å²) in [5, 5.41) is 0. The van der Waals surface area contributed by atoms with Crippen molar-refractivity contribution < 1.29 is 28.6 Å². The summed E-state index contributed by atoms with van der Waals surface area (Å²) < 4.78 is 17.0. The van der Waals surface area contributed by atoms with Crippen molar-refractivity contribution >= 4 is 17.9 Å². The number of hydrogen-bond donors (Lipinski definition) is 0. The zero-order chi connectivity index (χ0) is 58.5. The highest BCUT2D eigenvalue weighted by Crippen LogP contribution is 2.16. The molecule has 464 valence electrons. The van der Waals surface area contributed by atoms with E-state index in [-0.39, 0.29) is 31.1 Å². The molecule has 0 saturated carbocycles. The maximum Gasteiger partial charge on any atom is 0.306 e. The number of rotatable bonds is 62. The van der Waals surface area contributed by atoms with Crippen LogP contribution in [0.5, 0.6) is 0 Å². The van der Waals surface area contributed by atoms with Crippen molar-refractivity contribution in [3.05, 3.63) is 109 Å². The summed E-state index contributed by atoms with van der Waals surface area (Å²) in [6.45, 7) is 6.51. The fourth-order valence-electron chi connectivity index (χ4n) is 9.59. The van der Waals surface area contributed by atoms with Gasteiger partial charge in [-0.15, -0.1) is 0 Å². The molecule has 0 aromatic carbocycles. The lowest BCUT2D eigenvalue weighted by Gasteiger charge is -2.18. The van der Waals surface area contributed by atoms with Gasteiger partial charge in [-0.05, 0) is 128 Å². The van der Waals surface area contributed by atoms with Crippen molar-refractivity contribution in [1.82, 2.24) is 0 Å². The van der Waals surface area contributed by atoms with Crippen molar-refractivity contribution in [3.8, 4) is 0 Å². The van der Waals surface area contributed by atoms with Gasteiger partial charge in [0.2, 0.25) is 0 Å². The first-order chi connectivity index (χ1) is 40.0. The van der Waals surface area contributed by atoms with Crippen LogP contribution in [0, 0.1) is 0 Å². The van der Waals surface area contributed by atoms with Crippen molar-refractivity contribution in [2.45, 2.75) is 335 Å². The fourth-order valence-corrected chi connectivity index (χ4v) is 9.59. The van der Waals surface area contributed by atoms with E-state index in [0.29, 0.717) is 19.3 Å². The maximum absolute atomic E-state index is 13.0.